The zero-order chi connectivity index (χ0) is 19.1. The van der Waals surface area contributed by atoms with Gasteiger partial charge in [0.05, 0.1) is 23.7 Å². The fourth-order valence-corrected chi connectivity index (χ4v) is 3.15. The number of aromatic nitrogens is 1. The predicted molar refractivity (Wildman–Crippen MR) is 125 cm³/mol. The third-order valence-corrected chi connectivity index (χ3v) is 4.69. The predicted octanol–water partition coefficient (Wildman–Crippen LogP) is 4.46. The van der Waals surface area contributed by atoms with E-state index < -0.39 is 0 Å². The molecule has 1 unspecified atom stereocenters. The zero-order valence-corrected chi connectivity index (χ0v) is 19.3. The average molecular weight is 512 g/mol. The van der Waals surface area contributed by atoms with Crippen LogP contribution >= 0.6 is 35.3 Å². The maximum Gasteiger partial charge on any atom is 0.236 e. The Morgan fingerprint density at radius 3 is 2.86 bits per heavy atom. The van der Waals surface area contributed by atoms with Crippen LogP contribution in [0.3, 0.4) is 0 Å². The molecule has 0 fully saturated rings. The highest BCUT2D eigenvalue weighted by molar-refractivity contribution is 14.0. The number of hydrogen-bond acceptors (Lipinski definition) is 5. The van der Waals surface area contributed by atoms with Crippen molar-refractivity contribution in [2.24, 2.45) is 4.99 Å². The van der Waals surface area contributed by atoms with Crippen LogP contribution in [0.1, 0.15) is 18.2 Å². The van der Waals surface area contributed by atoms with Gasteiger partial charge in [-0.05, 0) is 43.0 Å². The number of hydrogen-bond donors (Lipinski definition) is 2. The van der Waals surface area contributed by atoms with Crippen LogP contribution in [0.4, 0.5) is 0 Å². The summed E-state index contributed by atoms with van der Waals surface area (Å²) in [5.41, 5.74) is 2.00. The molecule has 0 radical (unpaired) electrons. The Labute approximate surface area is 186 Å². The minimum Gasteiger partial charge on any atom is -0.489 e. The van der Waals surface area contributed by atoms with Crippen LogP contribution in [0.15, 0.2) is 57.5 Å². The van der Waals surface area contributed by atoms with Gasteiger partial charge < -0.3 is 19.8 Å². The molecule has 0 spiro atoms. The number of nitrogens with one attached hydrogen (secondary N) is 2. The summed E-state index contributed by atoms with van der Waals surface area (Å²) in [6.07, 6.45) is 1.67. The molecule has 0 aliphatic carbocycles. The lowest BCUT2D eigenvalue weighted by Crippen LogP contribution is -2.41. The topological polar surface area (TPSA) is 71.7 Å². The summed E-state index contributed by atoms with van der Waals surface area (Å²) >= 11 is 1.60. The van der Waals surface area contributed by atoms with E-state index in [2.05, 4.69) is 33.6 Å². The van der Waals surface area contributed by atoms with E-state index in [1.165, 1.54) is 5.56 Å². The average Bonchev–Trinajstić information content (AvgIpc) is 3.33. The van der Waals surface area contributed by atoms with E-state index in [0.717, 1.165) is 16.3 Å². The van der Waals surface area contributed by atoms with Crippen molar-refractivity contribution >= 4 is 41.3 Å². The maximum absolute atomic E-state index is 5.93. The van der Waals surface area contributed by atoms with Gasteiger partial charge in [0.25, 0.3) is 0 Å². The summed E-state index contributed by atoms with van der Waals surface area (Å²) in [7, 11) is 1.74. The highest BCUT2D eigenvalue weighted by atomic mass is 127. The van der Waals surface area contributed by atoms with Gasteiger partial charge in [-0.1, -0.05) is 18.2 Å². The molecule has 0 amide bonds. The maximum atomic E-state index is 5.93. The largest absolute Gasteiger partial charge is 0.489 e. The van der Waals surface area contributed by atoms with Crippen molar-refractivity contribution < 1.29 is 9.15 Å². The smallest absolute Gasteiger partial charge is 0.236 e. The van der Waals surface area contributed by atoms with Crippen molar-refractivity contribution in [3.8, 4) is 16.5 Å². The first-order valence-corrected chi connectivity index (χ1v) is 9.68. The molecule has 1 atom stereocenters. The molecule has 0 saturated carbocycles. The first-order chi connectivity index (χ1) is 13.1. The van der Waals surface area contributed by atoms with Crippen LogP contribution in [0.5, 0.6) is 5.75 Å². The first-order valence-electron chi connectivity index (χ1n) is 8.80. The van der Waals surface area contributed by atoms with Gasteiger partial charge in [0.15, 0.2) is 5.96 Å². The minimum absolute atomic E-state index is 0. The van der Waals surface area contributed by atoms with Gasteiger partial charge in [0.1, 0.15) is 18.1 Å². The van der Waals surface area contributed by atoms with Gasteiger partial charge in [-0.2, -0.15) is 0 Å². The summed E-state index contributed by atoms with van der Waals surface area (Å²) in [6.45, 7) is 5.23. The number of rotatable bonds is 7. The van der Waals surface area contributed by atoms with E-state index in [1.807, 2.05) is 42.6 Å². The number of benzene rings is 1. The number of halogens is 1. The minimum atomic E-state index is 0. The van der Waals surface area contributed by atoms with Gasteiger partial charge in [0, 0.05) is 7.05 Å². The lowest BCUT2D eigenvalue weighted by atomic mass is 10.2. The Morgan fingerprint density at radius 1 is 1.29 bits per heavy atom. The Hall–Kier alpha value is -2.07. The Morgan fingerprint density at radius 2 is 2.14 bits per heavy atom. The van der Waals surface area contributed by atoms with E-state index in [9.17, 15) is 0 Å². The number of aryl methyl sites for hydroxylation is 1. The molecular weight excluding hydrogens is 487 g/mol. The zero-order valence-electron chi connectivity index (χ0n) is 16.1. The number of oxazole rings is 1. The quantitative estimate of drug-likeness (QED) is 0.278. The Kier molecular flexibility index (Phi) is 8.78. The van der Waals surface area contributed by atoms with E-state index >= 15 is 0 Å². The molecular formula is C20H25IN4O2S. The van der Waals surface area contributed by atoms with Gasteiger partial charge in [0.2, 0.25) is 5.89 Å². The third kappa shape index (κ3) is 6.52. The van der Waals surface area contributed by atoms with Crippen molar-refractivity contribution in [1.82, 2.24) is 15.6 Å². The number of aliphatic imine (C=N–C) groups is 1. The van der Waals surface area contributed by atoms with Gasteiger partial charge in [-0.3, -0.25) is 4.99 Å². The second-order valence-electron chi connectivity index (χ2n) is 6.17. The first kappa shape index (κ1) is 22.2. The highest BCUT2D eigenvalue weighted by Crippen LogP contribution is 2.23. The van der Waals surface area contributed by atoms with Gasteiger partial charge in [-0.15, -0.1) is 35.3 Å². The highest BCUT2D eigenvalue weighted by Gasteiger charge is 2.09. The molecule has 1 aromatic carbocycles. The van der Waals surface area contributed by atoms with E-state index in [4.69, 9.17) is 9.15 Å². The molecule has 6 nitrogen and oxygen atoms in total. The van der Waals surface area contributed by atoms with Crippen LogP contribution < -0.4 is 15.4 Å². The normalized spacial score (nSPS) is 12.2. The molecule has 0 aliphatic heterocycles. The summed E-state index contributed by atoms with van der Waals surface area (Å²) < 4.78 is 11.5. The Bertz CT molecular complexity index is 880. The van der Waals surface area contributed by atoms with Crippen molar-refractivity contribution in [3.05, 3.63) is 59.3 Å². The van der Waals surface area contributed by atoms with E-state index in [0.29, 0.717) is 24.9 Å². The van der Waals surface area contributed by atoms with Gasteiger partial charge >= 0.3 is 0 Å². The molecule has 3 aromatic rings. The van der Waals surface area contributed by atoms with Crippen molar-refractivity contribution in [2.45, 2.75) is 26.5 Å². The second-order valence-corrected chi connectivity index (χ2v) is 7.12. The monoisotopic (exact) mass is 512 g/mol. The van der Waals surface area contributed by atoms with Crippen LogP contribution in [0.25, 0.3) is 10.8 Å². The van der Waals surface area contributed by atoms with E-state index in [1.54, 1.807) is 24.6 Å². The van der Waals surface area contributed by atoms with Crippen molar-refractivity contribution in [2.75, 3.05) is 13.6 Å². The number of thiophene rings is 1. The fraction of sp³-hybridized carbons (Fsp3) is 0.300. The molecule has 2 aromatic heterocycles. The summed E-state index contributed by atoms with van der Waals surface area (Å²) in [5, 5.41) is 8.51. The second kappa shape index (κ2) is 11.1. The molecule has 2 N–H and O–H groups in total. The number of ether oxygens (including phenoxy) is 1. The number of nitrogens with zero attached hydrogens (tertiary/aromatic N) is 2. The van der Waals surface area contributed by atoms with Crippen molar-refractivity contribution in [3.63, 3.8) is 0 Å². The third-order valence-electron chi connectivity index (χ3n) is 3.83. The fourth-order valence-electron chi connectivity index (χ4n) is 2.50. The molecule has 0 bridgehead atoms. The molecule has 3 rings (SSSR count). The van der Waals surface area contributed by atoms with Crippen molar-refractivity contribution in [1.29, 1.82) is 0 Å². The molecule has 28 heavy (non-hydrogen) atoms. The molecule has 150 valence electrons. The summed E-state index contributed by atoms with van der Waals surface area (Å²) in [5.74, 6) is 2.20. The molecule has 0 saturated heterocycles. The Balaban J connectivity index is 0.00000280. The van der Waals surface area contributed by atoms with E-state index in [-0.39, 0.29) is 30.1 Å². The standard InChI is InChI=1S/C20H24N4O2S.HI/c1-14-6-4-7-17(10-14)26-15(2)11-22-20(21-3)23-12-16-13-25-19(24-16)18-8-5-9-27-18;/h4-10,13,15H,11-12H2,1-3H3,(H2,21,22,23);1H. The SMILES string of the molecule is CN=C(NCc1coc(-c2cccs2)n1)NCC(C)Oc1cccc(C)c1.I. The summed E-state index contributed by atoms with van der Waals surface area (Å²) in [6, 6.07) is 12.0. The number of guanidine groups is 1. The lowest BCUT2D eigenvalue weighted by molar-refractivity contribution is 0.223. The summed E-state index contributed by atoms with van der Waals surface area (Å²) in [4.78, 5) is 9.75. The molecule has 2 heterocycles. The molecule has 0 aliphatic rings. The van der Waals surface area contributed by atoms with Crippen LogP contribution in [0.2, 0.25) is 0 Å². The molecule has 8 heteroatoms. The lowest BCUT2D eigenvalue weighted by Gasteiger charge is -2.17. The van der Waals surface area contributed by atoms with Crippen LogP contribution in [0, 0.1) is 6.92 Å². The van der Waals surface area contributed by atoms with Crippen LogP contribution in [-0.2, 0) is 6.54 Å². The van der Waals surface area contributed by atoms with Gasteiger partial charge in [-0.25, -0.2) is 4.98 Å². The van der Waals surface area contributed by atoms with Crippen LogP contribution in [-0.4, -0.2) is 30.6 Å².